The number of primary amides is 3. The lowest BCUT2D eigenvalue weighted by Crippen LogP contribution is -2.65. The number of nitrogens with two attached hydrogens (primary N) is 5. The van der Waals surface area contributed by atoms with E-state index in [1.54, 1.807) is 79.0 Å². The fourth-order valence-electron chi connectivity index (χ4n) is 14.8. The topological polar surface area (TPSA) is 647 Å². The average Bonchev–Trinajstić information content (AvgIpc) is 1.75. The smallest absolute Gasteiger partial charge is 0.246 e. The van der Waals surface area contributed by atoms with Crippen LogP contribution in [0.25, 0.3) is 21.7 Å². The van der Waals surface area contributed by atoms with Gasteiger partial charge in [-0.1, -0.05) is 100 Å². The Morgan fingerprint density at radius 2 is 1.16 bits per heavy atom. The Labute approximate surface area is 779 Å². The van der Waals surface area contributed by atoms with Crippen LogP contribution in [0.3, 0.4) is 0 Å². The van der Waals surface area contributed by atoms with Crippen LogP contribution in [-0.4, -0.2) is 236 Å². The third-order valence-corrected chi connectivity index (χ3v) is 26.4. The predicted molar refractivity (Wildman–Crippen MR) is 500 cm³/mol. The molecule has 2 aromatic heterocycles. The number of unbranched alkanes of at least 4 members (excludes halogenated alkanes) is 3. The van der Waals surface area contributed by atoms with Crippen molar-refractivity contribution in [2.75, 3.05) is 32.8 Å². The van der Waals surface area contributed by atoms with E-state index in [1.165, 1.54) is 60.9 Å². The van der Waals surface area contributed by atoms with Gasteiger partial charge in [0.2, 0.25) is 100 Å². The van der Waals surface area contributed by atoms with E-state index in [4.69, 9.17) is 33.4 Å². The Morgan fingerprint density at radius 3 is 1.79 bits per heavy atom. The van der Waals surface area contributed by atoms with Crippen LogP contribution in [0.4, 0.5) is 0 Å². The summed E-state index contributed by atoms with van der Waals surface area (Å²) in [5, 5.41) is 50.9. The molecule has 1 saturated heterocycles. The summed E-state index contributed by atoms with van der Waals surface area (Å²) in [7, 11) is 1.81. The van der Waals surface area contributed by atoms with Gasteiger partial charge in [-0.3, -0.25) is 86.5 Å². The van der Waals surface area contributed by atoms with Crippen molar-refractivity contribution in [1.82, 2.24) is 84.4 Å². The van der Waals surface area contributed by atoms with Crippen molar-refractivity contribution in [3.05, 3.63) is 143 Å². The van der Waals surface area contributed by atoms with Gasteiger partial charge in [-0.05, 0) is 170 Å². The van der Waals surface area contributed by atoms with Crippen molar-refractivity contribution in [2.45, 2.75) is 253 Å². The van der Waals surface area contributed by atoms with Gasteiger partial charge in [-0.2, -0.15) is 0 Å². The van der Waals surface area contributed by atoms with Crippen molar-refractivity contribution >= 4 is 144 Å². The number of nitrogens with zero attached hydrogens (tertiary/aromatic N) is 1. The first-order valence-corrected chi connectivity index (χ1v) is 46.1. The highest BCUT2D eigenvalue weighted by Crippen LogP contribution is 2.47. The summed E-state index contributed by atoms with van der Waals surface area (Å²) in [6.07, 6.45) is 0.496. The Bertz CT molecular complexity index is 5120. The molecule has 1 fully saturated rings. The molecule has 0 radical (unpaired) electrons. The van der Waals surface area contributed by atoms with Gasteiger partial charge >= 0.3 is 0 Å². The van der Waals surface area contributed by atoms with Crippen LogP contribution in [-0.2, 0) is 107 Å². The maximum Gasteiger partial charge on any atom is 0.246 e. The molecule has 17 amide bonds. The quantitative estimate of drug-likeness (QED) is 0.0164. The van der Waals surface area contributed by atoms with Crippen LogP contribution in [0, 0.1) is 6.92 Å². The number of carbonyl (C=O) groups is 17. The molecule has 0 spiro atoms. The van der Waals surface area contributed by atoms with Gasteiger partial charge in [0.15, 0.2) is 0 Å². The number of hydrogen-bond donors (Lipinski definition) is 21. The zero-order valence-electron chi connectivity index (χ0n) is 76.5. The number of benzene rings is 4. The van der Waals surface area contributed by atoms with Crippen LogP contribution in [0.1, 0.15) is 161 Å². The minimum Gasteiger partial charge on any atom is -0.492 e. The molecular formula is C91H127N21O19S2. The molecule has 133 heavy (non-hydrogen) atoms. The van der Waals surface area contributed by atoms with Crippen LogP contribution in [0.2, 0.25) is 0 Å². The molecule has 0 bridgehead atoms. The number of aromatic nitrogens is 2. The fraction of sp³-hybridized carbons (Fsp3) is 0.495. The molecule has 7 rings (SSSR count). The average molecular weight is 1880 g/mol. The van der Waals surface area contributed by atoms with Crippen molar-refractivity contribution in [3.8, 4) is 5.75 Å². The molecule has 4 aromatic carbocycles. The number of para-hydroxylation sites is 1. The van der Waals surface area contributed by atoms with E-state index in [2.05, 4.69) is 84.4 Å². The molecule has 1 aliphatic heterocycles. The van der Waals surface area contributed by atoms with E-state index < -0.39 is 195 Å². The van der Waals surface area contributed by atoms with Gasteiger partial charge in [0.05, 0.1) is 18.9 Å². The summed E-state index contributed by atoms with van der Waals surface area (Å²) >= 11 is 0. The number of aromatic amines is 1. The Kier molecular flexibility index (Phi) is 41.4. The number of nitrogens with one attached hydrogen (secondary N) is 15. The van der Waals surface area contributed by atoms with E-state index in [0.717, 1.165) is 46.4 Å². The van der Waals surface area contributed by atoms with Crippen molar-refractivity contribution in [3.63, 3.8) is 0 Å². The second kappa shape index (κ2) is 51.3. The second-order valence-corrected chi connectivity index (χ2v) is 37.8. The number of fused-ring (bicyclic) bond motifs is 2. The van der Waals surface area contributed by atoms with Crippen LogP contribution < -0.4 is 108 Å². The van der Waals surface area contributed by atoms with Gasteiger partial charge in [0.1, 0.15) is 84.4 Å². The van der Waals surface area contributed by atoms with Crippen LogP contribution in [0.5, 0.6) is 5.75 Å². The minimum absolute atomic E-state index is 0.105. The zero-order chi connectivity index (χ0) is 98.0. The third kappa shape index (κ3) is 33.8. The summed E-state index contributed by atoms with van der Waals surface area (Å²) in [6.45, 7) is 14.8. The normalized spacial score (nSPS) is 19.0. The van der Waals surface area contributed by atoms with Crippen molar-refractivity contribution in [2.24, 2.45) is 28.7 Å². The number of H-pyrrole nitrogens is 1. The Balaban J connectivity index is 1.37. The van der Waals surface area contributed by atoms with Crippen LogP contribution in [0.15, 0.2) is 116 Å². The maximum atomic E-state index is 16.4. The number of ether oxygens (including phenoxy) is 1. The largest absolute Gasteiger partial charge is 0.492 e. The number of carbonyl (C=O) groups excluding carboxylic acids is 17. The Hall–Kier alpha value is -12.8. The summed E-state index contributed by atoms with van der Waals surface area (Å²) in [5.41, 5.74) is 30.2. The number of aliphatic hydroxyl groups excluding tert-OH is 1. The Morgan fingerprint density at radius 1 is 0.564 bits per heavy atom. The summed E-state index contributed by atoms with van der Waals surface area (Å²) in [4.78, 5) is 252. The number of aliphatic hydroxyl groups is 1. The van der Waals surface area contributed by atoms with E-state index >= 15 is 28.8 Å². The number of hydrogen-bond acceptors (Lipinski definition) is 24. The first-order valence-electron chi connectivity index (χ1n) is 44.0. The van der Waals surface area contributed by atoms with E-state index in [9.17, 15) is 57.8 Å². The molecule has 42 heteroatoms. The minimum atomic E-state index is -2.04. The highest BCUT2D eigenvalue weighted by atomic mass is 33.1. The number of aryl methyl sites for hydroxylation is 1. The number of pyridine rings is 1. The second-order valence-electron chi connectivity index (χ2n) is 34.3. The lowest BCUT2D eigenvalue weighted by molar-refractivity contribution is -0.138. The number of amides is 17. The fourth-order valence-corrected chi connectivity index (χ4v) is 17.7. The van der Waals surface area contributed by atoms with Gasteiger partial charge < -0.3 is 118 Å². The monoisotopic (exact) mass is 1880 g/mol. The molecule has 3 heterocycles. The molecule has 722 valence electrons. The molecule has 13 atom stereocenters. The predicted octanol–water partition coefficient (Wildman–Crippen LogP) is -0.829. The molecule has 1 aliphatic rings. The number of rotatable bonds is 44. The first kappa shape index (κ1) is 107. The van der Waals surface area contributed by atoms with Gasteiger partial charge in [0, 0.05) is 105 Å². The molecule has 40 nitrogen and oxygen atoms in total. The third-order valence-electron chi connectivity index (χ3n) is 22.2. The van der Waals surface area contributed by atoms with Gasteiger partial charge in [-0.15, -0.1) is 0 Å². The lowest BCUT2D eigenvalue weighted by atomic mass is 9.91. The SMILES string of the molecule is CC(=O)NCCCC[C@@H]1NC(=O)[C@H](Cc2c[nH]c3c(C)cccc23)NC(=O)[C@H]([C@@H](C)O)NC(=O)[C@H](CC(N)=O)NC(=O)[C@@H](NC(C)=O)C(C)(C)SSC(C)(C)[C@@H](C(=O)N[C@@H](Cc2ccc(OCCN)cc2)C(=O)N[C@@H](Cc2ccc3ccccc3c2)C(=O)N[C@@](C)(CCCCN)C(=O)N[C@@H](CCCCNC(C)=O)C(=O)N[C@@H](CC(N)=O)C(=O)N[C@@H](Cc2cccnc2)C(N)=O)NC1=O. The maximum absolute atomic E-state index is 16.4. The summed E-state index contributed by atoms with van der Waals surface area (Å²) in [6, 6.07) is 8.70. The molecule has 26 N–H and O–H groups in total. The molecule has 0 aliphatic carbocycles. The highest BCUT2D eigenvalue weighted by Gasteiger charge is 2.47. The summed E-state index contributed by atoms with van der Waals surface area (Å²) < 4.78 is 2.57. The first-order chi connectivity index (χ1) is 62.9. The molecule has 0 unspecified atom stereocenters. The molecule has 0 saturated carbocycles. The zero-order valence-corrected chi connectivity index (χ0v) is 78.1. The van der Waals surface area contributed by atoms with Gasteiger partial charge in [0.25, 0.3) is 0 Å². The van der Waals surface area contributed by atoms with E-state index in [1.807, 2.05) is 31.2 Å². The van der Waals surface area contributed by atoms with E-state index in [-0.39, 0.29) is 115 Å². The van der Waals surface area contributed by atoms with Gasteiger partial charge in [-0.25, -0.2) is 0 Å². The van der Waals surface area contributed by atoms with Crippen LogP contribution >= 0.6 is 21.6 Å². The van der Waals surface area contributed by atoms with Crippen molar-refractivity contribution in [1.29, 1.82) is 0 Å². The highest BCUT2D eigenvalue weighted by molar-refractivity contribution is 8.77. The lowest BCUT2D eigenvalue weighted by Gasteiger charge is -2.39. The molecular weight excluding hydrogens is 1760 g/mol. The van der Waals surface area contributed by atoms with E-state index in [0.29, 0.717) is 50.7 Å². The molecule has 6 aromatic rings. The standard InChI is InChI=1S/C91H127N21O19S2/c1-50-21-19-25-62-60(49-100-73(50)62)45-68-81(123)102-63(26-13-17-38-98-52(3)114)79(121)111-76(90(8,9)133-132-89(6,7)75(101-54(5)116)86(128)108-70(47-72(95)118)83(125)110-74(51(2)113)85(127)106-68)87(129)107-66(42-55-29-32-61(33-30-55)131-40-36-93)80(122)104-67(43-56-28-31-58-23-11-12-24-59(58)41-56)84(126)112-91(10,34-15-16-35-92)88(130)109-64(27-14-18-39-99-53(4)115)78(120)105-69(46-71(94)117)82(124)103-65(77(96)119)44-57-22-20-37-97-48-57/h11-12,19-25,28-33,37,41,48-49,51,63-70,74-76,100,113H,13-18,26-27,34-36,38-40,42-47,92-93H2,1-10H3,(H2,94,117)(H2,95,118)(H2,96,119)(H,98,114)(H,99,115)(H,101,116)(H,102,123)(H,103,124)(H,104,122)(H,105,120)(H,106,127)(H,107,129)(H,108,128)(H,109,130)(H,110,125)(H,111,121)(H,112,126)/t51-,63+,64+,65+,66+,67+,68+,69+,70+,74+,75-,76-,91+/m1/s1. The van der Waals surface area contributed by atoms with Crippen molar-refractivity contribution < 1.29 is 91.4 Å². The summed E-state index contributed by atoms with van der Waals surface area (Å²) in [5.74, 6) is -15.9.